The second kappa shape index (κ2) is 9.91. The number of carbonyl (C=O) groups is 3. The molecule has 0 saturated carbocycles. The van der Waals surface area contributed by atoms with E-state index in [9.17, 15) is 14.4 Å². The average Bonchev–Trinajstić information content (AvgIpc) is 2.61. The zero-order valence-electron chi connectivity index (χ0n) is 15.6. The summed E-state index contributed by atoms with van der Waals surface area (Å²) in [6, 6.07) is 6.76. The topological polar surface area (TPSA) is 105 Å². The van der Waals surface area contributed by atoms with Crippen molar-refractivity contribution in [3.05, 3.63) is 29.8 Å². The molecule has 1 heterocycles. The lowest BCUT2D eigenvalue weighted by Gasteiger charge is -2.33. The summed E-state index contributed by atoms with van der Waals surface area (Å²) in [6.07, 6.45) is -0.606. The third kappa shape index (κ3) is 6.25. The molecule has 148 valence electrons. The van der Waals surface area contributed by atoms with Gasteiger partial charge in [0.15, 0.2) is 0 Å². The molecule has 0 aromatic heterocycles. The number of nitrogens with one attached hydrogen (secondary N) is 1. The molecule has 0 aliphatic carbocycles. The van der Waals surface area contributed by atoms with Crippen LogP contribution >= 0.6 is 0 Å². The molecule has 1 fully saturated rings. The van der Waals surface area contributed by atoms with Gasteiger partial charge >= 0.3 is 5.97 Å². The maximum atomic E-state index is 12.8. The SMILES string of the molecule is CCOc1ccccc1C(CC(=O)N1CCOC(CC(=O)O)C1)NC(C)=O. The third-order valence-corrected chi connectivity index (χ3v) is 4.24. The predicted molar refractivity (Wildman–Crippen MR) is 97.4 cm³/mol. The van der Waals surface area contributed by atoms with E-state index in [1.54, 1.807) is 11.0 Å². The lowest BCUT2D eigenvalue weighted by molar-refractivity contribution is -0.148. The van der Waals surface area contributed by atoms with E-state index in [1.165, 1.54) is 6.92 Å². The van der Waals surface area contributed by atoms with Crippen LogP contribution in [0.1, 0.15) is 38.3 Å². The third-order valence-electron chi connectivity index (χ3n) is 4.24. The second-order valence-electron chi connectivity index (χ2n) is 6.36. The fourth-order valence-corrected chi connectivity index (χ4v) is 3.11. The van der Waals surface area contributed by atoms with Gasteiger partial charge in [0.2, 0.25) is 11.8 Å². The molecule has 2 N–H and O–H groups in total. The molecule has 2 rings (SSSR count). The number of carboxylic acid groups (broad SMARTS) is 1. The highest BCUT2D eigenvalue weighted by molar-refractivity contribution is 5.79. The van der Waals surface area contributed by atoms with Crippen LogP contribution < -0.4 is 10.1 Å². The first-order valence-electron chi connectivity index (χ1n) is 9.00. The molecule has 2 unspecified atom stereocenters. The fourth-order valence-electron chi connectivity index (χ4n) is 3.11. The Hall–Kier alpha value is -2.61. The molecule has 1 aromatic rings. The van der Waals surface area contributed by atoms with Crippen molar-refractivity contribution in [3.63, 3.8) is 0 Å². The number of morpholine rings is 1. The summed E-state index contributed by atoms with van der Waals surface area (Å²) in [5.41, 5.74) is 0.734. The monoisotopic (exact) mass is 378 g/mol. The first kappa shape index (κ1) is 20.7. The van der Waals surface area contributed by atoms with Crippen LogP contribution in [-0.2, 0) is 19.1 Å². The number of amides is 2. The number of nitrogens with zero attached hydrogens (tertiary/aromatic N) is 1. The highest BCUT2D eigenvalue weighted by atomic mass is 16.5. The van der Waals surface area contributed by atoms with Crippen LogP contribution in [0.4, 0.5) is 0 Å². The Labute approximate surface area is 158 Å². The minimum atomic E-state index is -0.962. The van der Waals surface area contributed by atoms with Gasteiger partial charge in [-0.3, -0.25) is 14.4 Å². The zero-order valence-corrected chi connectivity index (χ0v) is 15.6. The fraction of sp³-hybridized carbons (Fsp3) is 0.526. The second-order valence-corrected chi connectivity index (χ2v) is 6.36. The van der Waals surface area contributed by atoms with E-state index in [-0.39, 0.29) is 31.2 Å². The number of benzene rings is 1. The largest absolute Gasteiger partial charge is 0.494 e. The first-order valence-corrected chi connectivity index (χ1v) is 9.00. The summed E-state index contributed by atoms with van der Waals surface area (Å²) in [4.78, 5) is 36.9. The van der Waals surface area contributed by atoms with Crippen molar-refractivity contribution >= 4 is 17.8 Å². The van der Waals surface area contributed by atoms with Crippen molar-refractivity contribution in [1.82, 2.24) is 10.2 Å². The molecule has 0 bridgehead atoms. The van der Waals surface area contributed by atoms with E-state index in [2.05, 4.69) is 5.32 Å². The van der Waals surface area contributed by atoms with E-state index in [4.69, 9.17) is 14.6 Å². The van der Waals surface area contributed by atoms with Crippen LogP contribution in [0.5, 0.6) is 5.75 Å². The number of carboxylic acids is 1. The summed E-state index contributed by atoms with van der Waals surface area (Å²) in [5.74, 6) is -0.753. The van der Waals surface area contributed by atoms with Crippen molar-refractivity contribution in [1.29, 1.82) is 0 Å². The van der Waals surface area contributed by atoms with E-state index in [1.807, 2.05) is 25.1 Å². The number of aliphatic carboxylic acids is 1. The van der Waals surface area contributed by atoms with Gasteiger partial charge in [0.05, 0.1) is 38.2 Å². The predicted octanol–water partition coefficient (Wildman–Crippen LogP) is 1.35. The normalized spacial score (nSPS) is 17.9. The van der Waals surface area contributed by atoms with Crippen molar-refractivity contribution in [3.8, 4) is 5.75 Å². The molecule has 8 nitrogen and oxygen atoms in total. The Morgan fingerprint density at radius 2 is 2.11 bits per heavy atom. The zero-order chi connectivity index (χ0) is 19.8. The molecule has 2 atom stereocenters. The van der Waals surface area contributed by atoms with Crippen LogP contribution in [-0.4, -0.2) is 60.2 Å². The Morgan fingerprint density at radius 3 is 2.78 bits per heavy atom. The van der Waals surface area contributed by atoms with Gasteiger partial charge in [0.1, 0.15) is 5.75 Å². The molecule has 0 spiro atoms. The van der Waals surface area contributed by atoms with Gasteiger partial charge in [-0.25, -0.2) is 0 Å². The number of hydrogen-bond acceptors (Lipinski definition) is 5. The Kier molecular flexibility index (Phi) is 7.60. The summed E-state index contributed by atoms with van der Waals surface area (Å²) in [7, 11) is 0. The minimum absolute atomic E-state index is 0.0590. The summed E-state index contributed by atoms with van der Waals surface area (Å²) in [5, 5.41) is 11.7. The molecule has 1 aliphatic heterocycles. The molecule has 2 amide bonds. The molecule has 0 radical (unpaired) electrons. The van der Waals surface area contributed by atoms with Gasteiger partial charge in [-0.15, -0.1) is 0 Å². The number of rotatable bonds is 8. The number of para-hydroxylation sites is 1. The van der Waals surface area contributed by atoms with Crippen LogP contribution in [0.15, 0.2) is 24.3 Å². The maximum Gasteiger partial charge on any atom is 0.306 e. The summed E-state index contributed by atoms with van der Waals surface area (Å²) in [6.45, 7) is 4.66. The Morgan fingerprint density at radius 1 is 1.37 bits per heavy atom. The highest BCUT2D eigenvalue weighted by Gasteiger charge is 2.29. The summed E-state index contributed by atoms with van der Waals surface area (Å²) >= 11 is 0. The van der Waals surface area contributed by atoms with Crippen LogP contribution in [0, 0.1) is 0 Å². The minimum Gasteiger partial charge on any atom is -0.494 e. The lowest BCUT2D eigenvalue weighted by Crippen LogP contribution is -2.47. The van der Waals surface area contributed by atoms with Gasteiger partial charge in [0, 0.05) is 25.6 Å². The van der Waals surface area contributed by atoms with Gasteiger partial charge in [-0.2, -0.15) is 0 Å². The molecule has 1 aromatic carbocycles. The van der Waals surface area contributed by atoms with Crippen LogP contribution in [0.2, 0.25) is 0 Å². The average molecular weight is 378 g/mol. The molecule has 27 heavy (non-hydrogen) atoms. The van der Waals surface area contributed by atoms with Gasteiger partial charge in [-0.1, -0.05) is 18.2 Å². The first-order chi connectivity index (χ1) is 12.9. The smallest absolute Gasteiger partial charge is 0.306 e. The highest BCUT2D eigenvalue weighted by Crippen LogP contribution is 2.28. The number of ether oxygens (including phenoxy) is 2. The molecule has 1 aliphatic rings. The molecular formula is C19H26N2O6. The van der Waals surface area contributed by atoms with E-state index in [0.29, 0.717) is 25.5 Å². The molecule has 8 heteroatoms. The standard InChI is InChI=1S/C19H26N2O6/c1-3-26-17-7-5-4-6-15(17)16(20-13(2)22)11-18(23)21-8-9-27-14(12-21)10-19(24)25/h4-7,14,16H,3,8-12H2,1-2H3,(H,20,22)(H,24,25). The Balaban J connectivity index is 2.12. The van der Waals surface area contributed by atoms with Crippen molar-refractivity contribution in [2.24, 2.45) is 0 Å². The number of carbonyl (C=O) groups excluding carboxylic acids is 2. The van der Waals surface area contributed by atoms with E-state index >= 15 is 0 Å². The number of hydrogen-bond donors (Lipinski definition) is 2. The van der Waals surface area contributed by atoms with E-state index < -0.39 is 18.1 Å². The van der Waals surface area contributed by atoms with Crippen molar-refractivity contribution in [2.45, 2.75) is 38.8 Å². The van der Waals surface area contributed by atoms with Crippen LogP contribution in [0.3, 0.4) is 0 Å². The van der Waals surface area contributed by atoms with Crippen molar-refractivity contribution in [2.75, 3.05) is 26.3 Å². The van der Waals surface area contributed by atoms with Gasteiger partial charge in [0.25, 0.3) is 0 Å². The molecule has 1 saturated heterocycles. The Bertz CT molecular complexity index is 678. The van der Waals surface area contributed by atoms with Gasteiger partial charge in [-0.05, 0) is 13.0 Å². The quantitative estimate of drug-likeness (QED) is 0.708. The lowest BCUT2D eigenvalue weighted by atomic mass is 10.0. The molecular weight excluding hydrogens is 352 g/mol. The maximum absolute atomic E-state index is 12.8. The van der Waals surface area contributed by atoms with E-state index in [0.717, 1.165) is 5.56 Å². The van der Waals surface area contributed by atoms with Crippen molar-refractivity contribution < 1.29 is 29.0 Å². The summed E-state index contributed by atoms with van der Waals surface area (Å²) < 4.78 is 11.0. The van der Waals surface area contributed by atoms with Gasteiger partial charge < -0.3 is 24.8 Å². The van der Waals surface area contributed by atoms with Crippen LogP contribution in [0.25, 0.3) is 0 Å².